The van der Waals surface area contributed by atoms with E-state index in [-0.39, 0.29) is 5.91 Å². The van der Waals surface area contributed by atoms with Gasteiger partial charge >= 0.3 is 0 Å². The van der Waals surface area contributed by atoms with Gasteiger partial charge in [0.1, 0.15) is 5.69 Å². The van der Waals surface area contributed by atoms with Crippen molar-refractivity contribution in [2.45, 2.75) is 24.6 Å². The van der Waals surface area contributed by atoms with Gasteiger partial charge < -0.3 is 5.32 Å². The fourth-order valence-corrected chi connectivity index (χ4v) is 2.62. The third-order valence-corrected chi connectivity index (χ3v) is 3.76. The van der Waals surface area contributed by atoms with Crippen LogP contribution in [0.5, 0.6) is 0 Å². The maximum absolute atomic E-state index is 12.2. The molecule has 2 rings (SSSR count). The van der Waals surface area contributed by atoms with Gasteiger partial charge in [-0.1, -0.05) is 53.5 Å². The monoisotopic (exact) mass is 320 g/mol. The van der Waals surface area contributed by atoms with Crippen LogP contribution < -0.4 is 5.32 Å². The van der Waals surface area contributed by atoms with E-state index in [1.807, 2.05) is 30.3 Å². The summed E-state index contributed by atoms with van der Waals surface area (Å²) in [7, 11) is 0. The lowest BCUT2D eigenvalue weighted by molar-refractivity contribution is 0.0950. The minimum Gasteiger partial charge on any atom is -0.350 e. The van der Waals surface area contributed by atoms with E-state index in [9.17, 15) is 4.79 Å². The first-order chi connectivity index (χ1) is 9.22. The van der Waals surface area contributed by atoms with Gasteiger partial charge in [-0.3, -0.25) is 9.78 Å². The van der Waals surface area contributed by atoms with Crippen LogP contribution in [-0.2, 0) is 0 Å². The van der Waals surface area contributed by atoms with E-state index in [2.05, 4.69) is 33.2 Å². The predicted molar refractivity (Wildman–Crippen MR) is 81.7 cm³/mol. The first kappa shape index (κ1) is 14.0. The number of amides is 1. The van der Waals surface area contributed by atoms with Crippen molar-refractivity contribution in [3.63, 3.8) is 0 Å². The van der Waals surface area contributed by atoms with Crippen LogP contribution in [0.3, 0.4) is 0 Å². The lowest BCUT2D eigenvalue weighted by Gasteiger charge is -2.10. The summed E-state index contributed by atoms with van der Waals surface area (Å²) in [4.78, 5) is 16.7. The summed E-state index contributed by atoms with van der Waals surface area (Å²) in [6, 6.07) is 9.70. The Morgan fingerprint density at radius 3 is 2.95 bits per heavy atom. The number of benzene rings is 1. The summed E-state index contributed by atoms with van der Waals surface area (Å²) in [6.07, 6.45) is 3.82. The van der Waals surface area contributed by atoms with Crippen molar-refractivity contribution in [3.05, 3.63) is 42.2 Å². The lowest BCUT2D eigenvalue weighted by Crippen LogP contribution is -2.30. The van der Waals surface area contributed by atoms with Gasteiger partial charge in [-0.15, -0.1) is 0 Å². The predicted octanol–water partition coefficient (Wildman–Crippen LogP) is 3.53. The molecule has 0 spiro atoms. The van der Waals surface area contributed by atoms with Crippen molar-refractivity contribution in [2.24, 2.45) is 0 Å². The molecular weight excluding hydrogens is 304 g/mol. The first-order valence-corrected chi connectivity index (χ1v) is 7.40. The Balaban J connectivity index is 2.13. The number of carbonyl (C=O) groups is 1. The molecule has 0 saturated carbocycles. The van der Waals surface area contributed by atoms with Crippen LogP contribution in [0, 0.1) is 0 Å². The van der Waals surface area contributed by atoms with E-state index in [1.165, 1.54) is 0 Å². The molecule has 3 nitrogen and oxygen atoms in total. The molecule has 0 bridgehead atoms. The van der Waals surface area contributed by atoms with E-state index < -0.39 is 0 Å². The van der Waals surface area contributed by atoms with Gasteiger partial charge in [0, 0.05) is 23.0 Å². The number of halogens is 1. The maximum Gasteiger partial charge on any atom is 0.270 e. The molecule has 1 atom stereocenters. The topological polar surface area (TPSA) is 42.0 Å². The molecule has 0 aliphatic carbocycles. The number of hydrogen-bond donors (Lipinski definition) is 1. The number of fused-ring (bicyclic) bond motifs is 1. The van der Waals surface area contributed by atoms with Gasteiger partial charge in [0.05, 0.1) is 0 Å². The van der Waals surface area contributed by atoms with Gasteiger partial charge in [0.15, 0.2) is 0 Å². The number of alkyl halides is 1. The molecule has 0 radical (unpaired) electrons. The molecule has 1 aromatic carbocycles. The normalized spacial score (nSPS) is 12.3. The van der Waals surface area contributed by atoms with Gasteiger partial charge in [-0.05, 0) is 17.9 Å². The summed E-state index contributed by atoms with van der Waals surface area (Å²) in [6.45, 7) is 2.75. The SMILES string of the molecule is CCCC(Br)CNC(=O)c1nccc2ccccc12. The van der Waals surface area contributed by atoms with Crippen molar-refractivity contribution in [2.75, 3.05) is 6.54 Å². The van der Waals surface area contributed by atoms with Crippen LogP contribution in [0.2, 0.25) is 0 Å². The summed E-state index contributed by atoms with van der Waals surface area (Å²) in [5.41, 5.74) is 0.495. The van der Waals surface area contributed by atoms with E-state index in [0.717, 1.165) is 23.6 Å². The summed E-state index contributed by atoms with van der Waals surface area (Å²) < 4.78 is 0. The Bertz CT molecular complexity index is 566. The summed E-state index contributed by atoms with van der Waals surface area (Å²) in [5.74, 6) is -0.114. The minimum absolute atomic E-state index is 0.114. The quantitative estimate of drug-likeness (QED) is 0.856. The van der Waals surface area contributed by atoms with E-state index in [0.29, 0.717) is 17.1 Å². The number of rotatable bonds is 5. The minimum atomic E-state index is -0.114. The highest BCUT2D eigenvalue weighted by atomic mass is 79.9. The second-order valence-electron chi connectivity index (χ2n) is 4.48. The first-order valence-electron chi connectivity index (χ1n) is 6.48. The van der Waals surface area contributed by atoms with E-state index in [1.54, 1.807) is 6.20 Å². The highest BCUT2D eigenvalue weighted by Crippen LogP contribution is 2.16. The number of pyridine rings is 1. The average molecular weight is 321 g/mol. The zero-order valence-electron chi connectivity index (χ0n) is 10.9. The van der Waals surface area contributed by atoms with Crippen LogP contribution >= 0.6 is 15.9 Å². The van der Waals surface area contributed by atoms with Gasteiger partial charge in [0.25, 0.3) is 5.91 Å². The molecule has 19 heavy (non-hydrogen) atoms. The fraction of sp³-hybridized carbons (Fsp3) is 0.333. The van der Waals surface area contributed by atoms with Crippen molar-refractivity contribution < 1.29 is 4.79 Å². The lowest BCUT2D eigenvalue weighted by atomic mass is 10.1. The van der Waals surface area contributed by atoms with Crippen LogP contribution in [0.25, 0.3) is 10.8 Å². The zero-order valence-corrected chi connectivity index (χ0v) is 12.5. The summed E-state index contributed by atoms with van der Waals surface area (Å²) in [5, 5.41) is 4.85. The Kier molecular flexibility index (Phi) is 4.91. The van der Waals surface area contributed by atoms with Crippen molar-refractivity contribution in [1.82, 2.24) is 10.3 Å². The van der Waals surface area contributed by atoms with Crippen LogP contribution in [0.15, 0.2) is 36.5 Å². The Morgan fingerprint density at radius 1 is 1.37 bits per heavy atom. The summed E-state index contributed by atoms with van der Waals surface area (Å²) >= 11 is 3.55. The fourth-order valence-electron chi connectivity index (χ4n) is 2.00. The molecule has 0 fully saturated rings. The Hall–Kier alpha value is -1.42. The number of nitrogens with zero attached hydrogens (tertiary/aromatic N) is 1. The molecule has 0 aliphatic rings. The van der Waals surface area contributed by atoms with Gasteiger partial charge in [0.2, 0.25) is 0 Å². The highest BCUT2D eigenvalue weighted by Gasteiger charge is 2.12. The zero-order chi connectivity index (χ0) is 13.7. The number of carbonyl (C=O) groups excluding carboxylic acids is 1. The molecule has 1 unspecified atom stereocenters. The molecule has 1 aromatic heterocycles. The molecule has 0 saturated heterocycles. The third kappa shape index (κ3) is 3.53. The van der Waals surface area contributed by atoms with Gasteiger partial charge in [-0.25, -0.2) is 0 Å². The van der Waals surface area contributed by atoms with Crippen LogP contribution in [0.1, 0.15) is 30.3 Å². The second kappa shape index (κ2) is 6.66. The van der Waals surface area contributed by atoms with Crippen LogP contribution in [0.4, 0.5) is 0 Å². The largest absolute Gasteiger partial charge is 0.350 e. The van der Waals surface area contributed by atoms with Crippen LogP contribution in [-0.4, -0.2) is 22.3 Å². The molecule has 1 amide bonds. The third-order valence-electron chi connectivity index (χ3n) is 2.97. The second-order valence-corrected chi connectivity index (χ2v) is 5.77. The maximum atomic E-state index is 12.2. The molecule has 1 N–H and O–H groups in total. The molecule has 1 heterocycles. The Morgan fingerprint density at radius 2 is 2.16 bits per heavy atom. The van der Waals surface area contributed by atoms with Crippen molar-refractivity contribution in [3.8, 4) is 0 Å². The standard InChI is InChI=1S/C15H17BrN2O/c1-2-5-12(16)10-18-15(19)14-13-7-4-3-6-11(13)8-9-17-14/h3-4,6-9,12H,2,5,10H2,1H3,(H,18,19). The number of aromatic nitrogens is 1. The smallest absolute Gasteiger partial charge is 0.270 e. The molecule has 4 heteroatoms. The molecule has 100 valence electrons. The van der Waals surface area contributed by atoms with Gasteiger partial charge in [-0.2, -0.15) is 0 Å². The van der Waals surface area contributed by atoms with Crippen molar-refractivity contribution in [1.29, 1.82) is 0 Å². The number of hydrogen-bond acceptors (Lipinski definition) is 2. The van der Waals surface area contributed by atoms with E-state index >= 15 is 0 Å². The molecule has 0 aliphatic heterocycles. The molecule has 2 aromatic rings. The highest BCUT2D eigenvalue weighted by molar-refractivity contribution is 9.09. The molecular formula is C15H17BrN2O. The van der Waals surface area contributed by atoms with E-state index in [4.69, 9.17) is 0 Å². The Labute approximate surface area is 121 Å². The average Bonchev–Trinajstić information content (AvgIpc) is 2.44. The number of nitrogens with one attached hydrogen (secondary N) is 1. The van der Waals surface area contributed by atoms with Crippen molar-refractivity contribution >= 4 is 32.6 Å².